The summed E-state index contributed by atoms with van der Waals surface area (Å²) in [4.78, 5) is 14.5. The molecule has 2 N–H and O–H groups in total. The van der Waals surface area contributed by atoms with Gasteiger partial charge in [0, 0.05) is 6.20 Å². The van der Waals surface area contributed by atoms with Crippen molar-refractivity contribution >= 4 is 44.6 Å². The third-order valence-electron chi connectivity index (χ3n) is 2.73. The van der Waals surface area contributed by atoms with E-state index in [4.69, 9.17) is 16.7 Å². The van der Waals surface area contributed by atoms with E-state index < -0.39 is 16.0 Å². The first kappa shape index (κ1) is 15.7. The number of rotatable bonds is 4. The molecule has 21 heavy (non-hydrogen) atoms. The number of hydrogen-bond donors (Lipinski definition) is 2. The van der Waals surface area contributed by atoms with Crippen LogP contribution in [-0.4, -0.2) is 24.5 Å². The van der Waals surface area contributed by atoms with E-state index in [9.17, 15) is 13.2 Å². The van der Waals surface area contributed by atoms with Crippen LogP contribution >= 0.6 is 22.9 Å². The molecule has 0 fully saturated rings. The fourth-order valence-corrected chi connectivity index (χ4v) is 4.83. The Morgan fingerprint density at radius 3 is 2.62 bits per heavy atom. The fourth-order valence-electron chi connectivity index (χ4n) is 1.75. The molecule has 0 aliphatic carbocycles. The molecule has 2 rings (SSSR count). The summed E-state index contributed by atoms with van der Waals surface area (Å²) < 4.78 is 27.2. The van der Waals surface area contributed by atoms with Crippen LogP contribution in [0.25, 0.3) is 0 Å². The number of sulfonamides is 1. The third kappa shape index (κ3) is 3.02. The number of pyridine rings is 1. The quantitative estimate of drug-likeness (QED) is 0.830. The molecule has 2 heterocycles. The smallest absolute Gasteiger partial charge is 0.347 e. The number of carbonyl (C=O) groups is 1. The highest BCUT2D eigenvalue weighted by Crippen LogP contribution is 2.31. The van der Waals surface area contributed by atoms with Gasteiger partial charge in [0.05, 0.1) is 5.69 Å². The molecule has 0 atom stereocenters. The molecule has 0 aromatic carbocycles. The van der Waals surface area contributed by atoms with Gasteiger partial charge in [0.1, 0.15) is 9.77 Å². The number of aryl methyl sites for hydroxylation is 2. The summed E-state index contributed by atoms with van der Waals surface area (Å²) in [5, 5.41) is 10.6. The summed E-state index contributed by atoms with van der Waals surface area (Å²) in [6.07, 6.45) is 1.45. The van der Waals surface area contributed by atoms with Crippen LogP contribution in [0.3, 0.4) is 0 Å². The first-order valence-electron chi connectivity index (χ1n) is 5.69. The van der Waals surface area contributed by atoms with Crippen LogP contribution < -0.4 is 4.72 Å². The number of nitrogens with zero attached hydrogens (tertiary/aromatic N) is 1. The second-order valence-corrected chi connectivity index (χ2v) is 7.14. The number of aromatic carboxylic acids is 1. The SMILES string of the molecule is Cc1ccnc(Cl)c1NS(=O)(=O)c1c(C)csc1C(=O)O. The van der Waals surface area contributed by atoms with E-state index >= 15 is 0 Å². The molecule has 2 aromatic heterocycles. The molecule has 0 amide bonds. The van der Waals surface area contributed by atoms with Crippen LogP contribution in [0.5, 0.6) is 0 Å². The van der Waals surface area contributed by atoms with Crippen molar-refractivity contribution < 1.29 is 18.3 Å². The van der Waals surface area contributed by atoms with Gasteiger partial charge in [-0.1, -0.05) is 11.6 Å². The van der Waals surface area contributed by atoms with Crippen molar-refractivity contribution in [3.63, 3.8) is 0 Å². The average Bonchev–Trinajstić information content (AvgIpc) is 2.77. The molecule has 0 bridgehead atoms. The maximum Gasteiger partial charge on any atom is 0.347 e. The number of hydrogen-bond acceptors (Lipinski definition) is 5. The minimum absolute atomic E-state index is 0.00309. The number of aromatic nitrogens is 1. The molecule has 0 radical (unpaired) electrons. The number of nitrogens with one attached hydrogen (secondary N) is 1. The lowest BCUT2D eigenvalue weighted by Crippen LogP contribution is -2.17. The molecular weight excluding hydrogens is 336 g/mol. The van der Waals surface area contributed by atoms with E-state index in [-0.39, 0.29) is 20.6 Å². The lowest BCUT2D eigenvalue weighted by Gasteiger charge is -2.12. The van der Waals surface area contributed by atoms with Crippen LogP contribution in [0.1, 0.15) is 20.8 Å². The van der Waals surface area contributed by atoms with E-state index in [0.29, 0.717) is 11.1 Å². The summed E-state index contributed by atoms with van der Waals surface area (Å²) in [6, 6.07) is 1.60. The van der Waals surface area contributed by atoms with Crippen molar-refractivity contribution in [3.8, 4) is 0 Å². The molecule has 2 aromatic rings. The van der Waals surface area contributed by atoms with E-state index in [0.717, 1.165) is 11.3 Å². The minimum Gasteiger partial charge on any atom is -0.477 e. The number of thiophene rings is 1. The van der Waals surface area contributed by atoms with Gasteiger partial charge < -0.3 is 5.11 Å². The monoisotopic (exact) mass is 346 g/mol. The maximum absolute atomic E-state index is 12.5. The Kier molecular flexibility index (Phi) is 4.22. The molecular formula is C12H11ClN2O4S2. The van der Waals surface area contributed by atoms with E-state index in [1.54, 1.807) is 13.0 Å². The van der Waals surface area contributed by atoms with Gasteiger partial charge in [0.15, 0.2) is 5.15 Å². The lowest BCUT2D eigenvalue weighted by molar-refractivity contribution is 0.0698. The van der Waals surface area contributed by atoms with E-state index in [1.165, 1.54) is 18.5 Å². The molecule has 0 unspecified atom stereocenters. The highest BCUT2D eigenvalue weighted by Gasteiger charge is 2.28. The predicted molar refractivity (Wildman–Crippen MR) is 80.8 cm³/mol. The Labute approximate surface area is 130 Å². The largest absolute Gasteiger partial charge is 0.477 e. The maximum atomic E-state index is 12.5. The molecule has 0 aliphatic rings. The normalized spacial score (nSPS) is 11.4. The fraction of sp³-hybridized carbons (Fsp3) is 0.167. The van der Waals surface area contributed by atoms with Crippen LogP contribution in [0.4, 0.5) is 5.69 Å². The first-order chi connectivity index (χ1) is 9.74. The Bertz CT molecular complexity index is 794. The summed E-state index contributed by atoms with van der Waals surface area (Å²) in [5.41, 5.74) is 1.09. The molecule has 6 nitrogen and oxygen atoms in total. The molecule has 0 spiro atoms. The summed E-state index contributed by atoms with van der Waals surface area (Å²) in [7, 11) is -4.07. The van der Waals surface area contributed by atoms with Crippen LogP contribution in [-0.2, 0) is 10.0 Å². The number of carboxylic acid groups (broad SMARTS) is 1. The van der Waals surface area contributed by atoms with Crippen molar-refractivity contribution in [2.24, 2.45) is 0 Å². The Morgan fingerprint density at radius 1 is 1.38 bits per heavy atom. The van der Waals surface area contributed by atoms with Crippen molar-refractivity contribution in [3.05, 3.63) is 38.8 Å². The number of halogens is 1. The third-order valence-corrected chi connectivity index (χ3v) is 5.77. The molecule has 9 heteroatoms. The van der Waals surface area contributed by atoms with Gasteiger partial charge in [-0.3, -0.25) is 4.72 Å². The second kappa shape index (κ2) is 5.63. The van der Waals surface area contributed by atoms with Crippen molar-refractivity contribution in [1.29, 1.82) is 0 Å². The number of anilines is 1. The van der Waals surface area contributed by atoms with Crippen LogP contribution in [0.2, 0.25) is 5.15 Å². The van der Waals surface area contributed by atoms with Crippen LogP contribution in [0, 0.1) is 13.8 Å². The lowest BCUT2D eigenvalue weighted by atomic mass is 10.3. The van der Waals surface area contributed by atoms with Gasteiger partial charge in [-0.25, -0.2) is 18.2 Å². The van der Waals surface area contributed by atoms with Gasteiger partial charge in [-0.2, -0.15) is 0 Å². The summed E-state index contributed by atoms with van der Waals surface area (Å²) in [5.74, 6) is -1.29. The molecule has 0 saturated carbocycles. The van der Waals surface area contributed by atoms with Crippen LogP contribution in [0.15, 0.2) is 22.5 Å². The zero-order valence-electron chi connectivity index (χ0n) is 11.0. The zero-order valence-corrected chi connectivity index (χ0v) is 13.4. The molecule has 0 aliphatic heterocycles. The van der Waals surface area contributed by atoms with Gasteiger partial charge in [-0.05, 0) is 36.4 Å². The Hall–Kier alpha value is -1.64. The topological polar surface area (TPSA) is 96.4 Å². The predicted octanol–water partition coefficient (Wildman–Crippen LogP) is 2.91. The number of carboxylic acids is 1. The Morgan fingerprint density at radius 2 is 2.05 bits per heavy atom. The molecule has 112 valence electrons. The van der Waals surface area contributed by atoms with Crippen molar-refractivity contribution in [2.75, 3.05) is 4.72 Å². The minimum atomic E-state index is -4.07. The van der Waals surface area contributed by atoms with E-state index in [1.807, 2.05) is 0 Å². The Balaban J connectivity index is 2.54. The van der Waals surface area contributed by atoms with Gasteiger partial charge in [0.2, 0.25) is 0 Å². The van der Waals surface area contributed by atoms with Crippen molar-refractivity contribution in [2.45, 2.75) is 18.7 Å². The first-order valence-corrected chi connectivity index (χ1v) is 8.43. The highest BCUT2D eigenvalue weighted by molar-refractivity contribution is 7.93. The highest BCUT2D eigenvalue weighted by atomic mass is 35.5. The summed E-state index contributed by atoms with van der Waals surface area (Å²) in [6.45, 7) is 3.21. The van der Waals surface area contributed by atoms with Gasteiger partial charge in [0.25, 0.3) is 10.0 Å². The zero-order chi connectivity index (χ0) is 15.8. The average molecular weight is 347 g/mol. The molecule has 0 saturated heterocycles. The standard InChI is InChI=1S/C12H11ClN2O4S2/c1-6-3-4-14-11(13)8(6)15-21(18,19)10-7(2)5-20-9(10)12(16)17/h3-5,15H,1-2H3,(H,16,17). The van der Waals surface area contributed by atoms with E-state index in [2.05, 4.69) is 9.71 Å². The van der Waals surface area contributed by atoms with Gasteiger partial charge in [-0.15, -0.1) is 11.3 Å². The summed E-state index contributed by atoms with van der Waals surface area (Å²) >= 11 is 6.75. The second-order valence-electron chi connectivity index (χ2n) is 4.28. The van der Waals surface area contributed by atoms with Gasteiger partial charge >= 0.3 is 5.97 Å². The van der Waals surface area contributed by atoms with Crippen molar-refractivity contribution in [1.82, 2.24) is 4.98 Å².